The third-order valence-electron chi connectivity index (χ3n) is 9.30. The van der Waals surface area contributed by atoms with E-state index in [1.165, 1.54) is 44.9 Å². The molecule has 4 fully saturated rings. The second-order valence-electron chi connectivity index (χ2n) is 9.94. The standard InChI is InChI=1S/C21H34N2O2/c1-13(22-24)17-6-7-18-16-5-4-14-12-15(23-25)8-10-20(14,2)19(16)9-11-21(17,18)3/h14,16-19,24-25H,4-12H2,1-3H3/b22-13+,23-15+/t14?,16-,17+,18-,19-,20-,21+/m0/s1. The maximum absolute atomic E-state index is 9.33. The molecular weight excluding hydrogens is 312 g/mol. The highest BCUT2D eigenvalue weighted by Gasteiger charge is 2.60. The molecule has 25 heavy (non-hydrogen) atoms. The number of fused-ring (bicyclic) bond motifs is 5. The van der Waals surface area contributed by atoms with Crippen molar-refractivity contribution in [1.29, 1.82) is 0 Å². The fourth-order valence-corrected chi connectivity index (χ4v) is 7.91. The van der Waals surface area contributed by atoms with Crippen LogP contribution in [0, 0.1) is 40.4 Å². The van der Waals surface area contributed by atoms with Gasteiger partial charge in [0.2, 0.25) is 0 Å². The SMILES string of the molecule is C/C(=N\O)[C@H]1CC[C@H]2[C@@H]3CCC4C/C(=N/O)CC[C@]4(C)[C@H]3CC[C@]12C. The summed E-state index contributed by atoms with van der Waals surface area (Å²) >= 11 is 0. The van der Waals surface area contributed by atoms with E-state index < -0.39 is 0 Å². The monoisotopic (exact) mass is 346 g/mol. The first-order valence-electron chi connectivity index (χ1n) is 10.3. The van der Waals surface area contributed by atoms with Gasteiger partial charge in [-0.1, -0.05) is 24.2 Å². The third kappa shape index (κ3) is 2.39. The van der Waals surface area contributed by atoms with Crippen molar-refractivity contribution in [1.82, 2.24) is 0 Å². The third-order valence-corrected chi connectivity index (χ3v) is 9.30. The molecule has 4 rings (SSSR count). The molecule has 0 radical (unpaired) electrons. The van der Waals surface area contributed by atoms with E-state index in [0.717, 1.165) is 42.0 Å². The average molecular weight is 347 g/mol. The maximum Gasteiger partial charge on any atom is 0.0576 e. The molecule has 0 heterocycles. The van der Waals surface area contributed by atoms with Crippen LogP contribution < -0.4 is 0 Å². The van der Waals surface area contributed by atoms with Gasteiger partial charge in [-0.05, 0) is 99.2 Å². The molecule has 0 aliphatic heterocycles. The van der Waals surface area contributed by atoms with E-state index in [2.05, 4.69) is 24.2 Å². The van der Waals surface area contributed by atoms with E-state index in [1.807, 2.05) is 6.92 Å². The van der Waals surface area contributed by atoms with Crippen molar-refractivity contribution in [2.75, 3.05) is 0 Å². The largest absolute Gasteiger partial charge is 0.411 e. The Hall–Kier alpha value is -1.06. The van der Waals surface area contributed by atoms with Crippen molar-refractivity contribution in [3.8, 4) is 0 Å². The lowest BCUT2D eigenvalue weighted by atomic mass is 9.44. The van der Waals surface area contributed by atoms with Crippen LogP contribution in [0.25, 0.3) is 0 Å². The number of rotatable bonds is 1. The van der Waals surface area contributed by atoms with Crippen LogP contribution >= 0.6 is 0 Å². The Kier molecular flexibility index (Phi) is 4.16. The quantitative estimate of drug-likeness (QED) is 0.383. The minimum Gasteiger partial charge on any atom is -0.411 e. The molecule has 1 unspecified atom stereocenters. The van der Waals surface area contributed by atoms with E-state index >= 15 is 0 Å². The Balaban J connectivity index is 1.60. The normalized spacial score (nSPS) is 51.7. The van der Waals surface area contributed by atoms with Crippen LogP contribution in [0.2, 0.25) is 0 Å². The molecule has 7 atom stereocenters. The molecule has 0 aromatic carbocycles. The molecule has 0 spiro atoms. The maximum atomic E-state index is 9.33. The van der Waals surface area contributed by atoms with Crippen LogP contribution in [-0.4, -0.2) is 21.8 Å². The molecule has 4 aliphatic carbocycles. The van der Waals surface area contributed by atoms with Gasteiger partial charge in [-0.15, -0.1) is 0 Å². The van der Waals surface area contributed by atoms with Gasteiger partial charge in [0.05, 0.1) is 11.4 Å². The summed E-state index contributed by atoms with van der Waals surface area (Å²) in [5, 5.41) is 25.7. The van der Waals surface area contributed by atoms with Crippen LogP contribution in [0.4, 0.5) is 0 Å². The Morgan fingerprint density at radius 3 is 2.44 bits per heavy atom. The Bertz CT molecular complexity index is 601. The summed E-state index contributed by atoms with van der Waals surface area (Å²) in [6.07, 6.45) is 10.9. The van der Waals surface area contributed by atoms with Crippen LogP contribution in [0.3, 0.4) is 0 Å². The molecule has 4 saturated carbocycles. The number of oxime groups is 2. The van der Waals surface area contributed by atoms with E-state index in [0.29, 0.717) is 22.7 Å². The van der Waals surface area contributed by atoms with Gasteiger partial charge in [0.25, 0.3) is 0 Å². The zero-order valence-electron chi connectivity index (χ0n) is 16.0. The zero-order chi connectivity index (χ0) is 17.8. The molecule has 0 aromatic heterocycles. The smallest absolute Gasteiger partial charge is 0.0576 e. The van der Waals surface area contributed by atoms with Crippen LogP contribution in [0.5, 0.6) is 0 Å². The topological polar surface area (TPSA) is 65.2 Å². The highest BCUT2D eigenvalue weighted by molar-refractivity contribution is 5.85. The van der Waals surface area contributed by atoms with Crippen molar-refractivity contribution in [3.63, 3.8) is 0 Å². The van der Waals surface area contributed by atoms with Gasteiger partial charge in [0, 0.05) is 5.92 Å². The van der Waals surface area contributed by atoms with Gasteiger partial charge in [0.1, 0.15) is 0 Å². The summed E-state index contributed by atoms with van der Waals surface area (Å²) in [6, 6.07) is 0. The molecule has 0 bridgehead atoms. The Labute approximate surface area is 151 Å². The molecule has 4 heteroatoms. The minimum atomic E-state index is 0.326. The fraction of sp³-hybridized carbons (Fsp3) is 0.905. The first-order valence-corrected chi connectivity index (χ1v) is 10.3. The summed E-state index contributed by atoms with van der Waals surface area (Å²) in [6.45, 7) is 7.03. The van der Waals surface area contributed by atoms with Gasteiger partial charge in [-0.25, -0.2) is 0 Å². The molecule has 4 aliphatic rings. The molecule has 2 N–H and O–H groups in total. The summed E-state index contributed by atoms with van der Waals surface area (Å²) in [5.74, 6) is 3.63. The zero-order valence-corrected chi connectivity index (χ0v) is 16.0. The van der Waals surface area contributed by atoms with E-state index in [-0.39, 0.29) is 0 Å². The Morgan fingerprint density at radius 1 is 0.960 bits per heavy atom. The van der Waals surface area contributed by atoms with Gasteiger partial charge < -0.3 is 10.4 Å². The average Bonchev–Trinajstić information content (AvgIpc) is 2.97. The number of hydrogen-bond acceptors (Lipinski definition) is 4. The van der Waals surface area contributed by atoms with Crippen molar-refractivity contribution in [2.45, 2.75) is 78.6 Å². The molecule has 0 amide bonds. The number of nitrogens with zero attached hydrogens (tertiary/aromatic N) is 2. The predicted octanol–water partition coefficient (Wildman–Crippen LogP) is 5.33. The summed E-state index contributed by atoms with van der Waals surface area (Å²) in [4.78, 5) is 0. The first-order chi connectivity index (χ1) is 11.9. The van der Waals surface area contributed by atoms with Gasteiger partial charge in [-0.3, -0.25) is 0 Å². The molecule has 4 nitrogen and oxygen atoms in total. The van der Waals surface area contributed by atoms with Crippen LogP contribution in [0.1, 0.15) is 78.6 Å². The van der Waals surface area contributed by atoms with Crippen molar-refractivity contribution < 1.29 is 10.4 Å². The first kappa shape index (κ1) is 17.4. The molecule has 0 saturated heterocycles. The van der Waals surface area contributed by atoms with Crippen molar-refractivity contribution in [2.24, 2.45) is 50.7 Å². The van der Waals surface area contributed by atoms with Crippen molar-refractivity contribution >= 4 is 11.4 Å². The lowest BCUT2D eigenvalue weighted by Crippen LogP contribution is -2.53. The van der Waals surface area contributed by atoms with Gasteiger partial charge in [0.15, 0.2) is 0 Å². The summed E-state index contributed by atoms with van der Waals surface area (Å²) in [7, 11) is 0. The van der Waals surface area contributed by atoms with E-state index in [9.17, 15) is 10.4 Å². The molecule has 140 valence electrons. The molecule has 0 aromatic rings. The van der Waals surface area contributed by atoms with E-state index in [1.54, 1.807) is 0 Å². The van der Waals surface area contributed by atoms with Gasteiger partial charge in [-0.2, -0.15) is 0 Å². The lowest BCUT2D eigenvalue weighted by molar-refractivity contribution is -0.0962. The highest BCUT2D eigenvalue weighted by atomic mass is 16.4. The van der Waals surface area contributed by atoms with E-state index in [4.69, 9.17) is 0 Å². The molecular formula is C21H34N2O2. The Morgan fingerprint density at radius 2 is 1.72 bits per heavy atom. The predicted molar refractivity (Wildman–Crippen MR) is 99.3 cm³/mol. The fourth-order valence-electron chi connectivity index (χ4n) is 7.91. The minimum absolute atomic E-state index is 0.326. The lowest BCUT2D eigenvalue weighted by Gasteiger charge is -2.60. The second kappa shape index (κ2) is 5.99. The summed E-state index contributed by atoms with van der Waals surface area (Å²) < 4.78 is 0. The second-order valence-corrected chi connectivity index (χ2v) is 9.94. The number of hydrogen-bond donors (Lipinski definition) is 2. The van der Waals surface area contributed by atoms with Crippen LogP contribution in [-0.2, 0) is 0 Å². The summed E-state index contributed by atoms with van der Waals surface area (Å²) in [5.41, 5.74) is 2.73. The van der Waals surface area contributed by atoms with Crippen molar-refractivity contribution in [3.05, 3.63) is 0 Å². The van der Waals surface area contributed by atoms with Gasteiger partial charge >= 0.3 is 0 Å². The highest BCUT2D eigenvalue weighted by Crippen LogP contribution is 2.67. The van der Waals surface area contributed by atoms with Crippen LogP contribution in [0.15, 0.2) is 10.3 Å².